The average molecular weight is 383 g/mol. The van der Waals surface area contributed by atoms with Gasteiger partial charge in [-0.05, 0) is 48.8 Å². The summed E-state index contributed by atoms with van der Waals surface area (Å²) >= 11 is 0. The van der Waals surface area contributed by atoms with Crippen molar-refractivity contribution >= 4 is 17.3 Å². The van der Waals surface area contributed by atoms with Crippen molar-refractivity contribution in [2.45, 2.75) is 45.1 Å². The summed E-state index contributed by atoms with van der Waals surface area (Å²) in [5, 5.41) is 24.9. The highest BCUT2D eigenvalue weighted by Crippen LogP contribution is 2.27. The number of nitro benzene ring substituents is 2. The molecule has 1 aliphatic rings. The minimum Gasteiger partial charge on any atom is -0.345 e. The first kappa shape index (κ1) is 19.5. The van der Waals surface area contributed by atoms with E-state index in [0.717, 1.165) is 43.0 Å². The Kier molecular flexibility index (Phi) is 5.67. The molecule has 8 heteroatoms. The molecule has 1 N–H and O–H groups in total. The van der Waals surface area contributed by atoms with Gasteiger partial charge in [0.2, 0.25) is 0 Å². The van der Waals surface area contributed by atoms with Crippen LogP contribution in [-0.2, 0) is 12.8 Å². The molecule has 0 fully saturated rings. The van der Waals surface area contributed by atoms with Crippen molar-refractivity contribution in [1.82, 2.24) is 5.32 Å². The van der Waals surface area contributed by atoms with E-state index in [9.17, 15) is 25.0 Å². The van der Waals surface area contributed by atoms with Gasteiger partial charge in [-0.25, -0.2) is 0 Å². The Hall–Kier alpha value is -3.29. The Bertz CT molecular complexity index is 909. The molecule has 146 valence electrons. The first-order chi connectivity index (χ1) is 13.4. The van der Waals surface area contributed by atoms with Crippen molar-refractivity contribution in [2.75, 3.05) is 0 Å². The number of rotatable bonds is 6. The number of carbonyl (C=O) groups is 1. The fraction of sp³-hybridized carbons (Fsp3) is 0.350. The SMILES string of the molecule is CCC(NC(=O)c1cc([N+](=O)[O-])cc([N+](=O)[O-])c1)c1ccc2c(c1)CCCC2. The van der Waals surface area contributed by atoms with E-state index in [-0.39, 0.29) is 11.6 Å². The molecule has 2 aromatic carbocycles. The summed E-state index contributed by atoms with van der Waals surface area (Å²) in [4.78, 5) is 33.3. The van der Waals surface area contributed by atoms with E-state index < -0.39 is 27.1 Å². The summed E-state index contributed by atoms with van der Waals surface area (Å²) in [5.41, 5.74) is 2.53. The van der Waals surface area contributed by atoms with Crippen LogP contribution in [0.1, 0.15) is 59.3 Å². The Morgan fingerprint density at radius 1 is 1.00 bits per heavy atom. The van der Waals surface area contributed by atoms with Crippen molar-refractivity contribution < 1.29 is 14.6 Å². The second kappa shape index (κ2) is 8.16. The second-order valence-electron chi connectivity index (χ2n) is 6.92. The molecule has 1 atom stereocenters. The number of benzene rings is 2. The lowest BCUT2D eigenvalue weighted by Gasteiger charge is -2.21. The molecule has 0 bridgehead atoms. The Balaban J connectivity index is 1.86. The smallest absolute Gasteiger partial charge is 0.277 e. The topological polar surface area (TPSA) is 115 Å². The van der Waals surface area contributed by atoms with E-state index in [4.69, 9.17) is 0 Å². The van der Waals surface area contributed by atoms with Crippen LogP contribution in [0.2, 0.25) is 0 Å². The predicted octanol–water partition coefficient (Wildman–Crippen LogP) is 4.26. The fourth-order valence-corrected chi connectivity index (χ4v) is 3.57. The number of fused-ring (bicyclic) bond motifs is 1. The predicted molar refractivity (Wildman–Crippen MR) is 103 cm³/mol. The maximum Gasteiger partial charge on any atom is 0.277 e. The van der Waals surface area contributed by atoms with Gasteiger partial charge in [0.25, 0.3) is 17.3 Å². The lowest BCUT2D eigenvalue weighted by atomic mass is 9.88. The van der Waals surface area contributed by atoms with Gasteiger partial charge in [0, 0.05) is 12.1 Å². The van der Waals surface area contributed by atoms with Crippen molar-refractivity contribution in [3.63, 3.8) is 0 Å². The minimum absolute atomic E-state index is 0.0997. The van der Waals surface area contributed by atoms with Crippen LogP contribution in [-0.4, -0.2) is 15.8 Å². The van der Waals surface area contributed by atoms with Gasteiger partial charge in [-0.2, -0.15) is 0 Å². The highest BCUT2D eigenvalue weighted by atomic mass is 16.6. The van der Waals surface area contributed by atoms with Crippen molar-refractivity contribution in [1.29, 1.82) is 0 Å². The number of amides is 1. The molecule has 8 nitrogen and oxygen atoms in total. The molecule has 0 aliphatic heterocycles. The second-order valence-corrected chi connectivity index (χ2v) is 6.92. The van der Waals surface area contributed by atoms with Crippen LogP contribution in [0.5, 0.6) is 0 Å². The van der Waals surface area contributed by atoms with Gasteiger partial charge in [0.05, 0.1) is 27.5 Å². The molecular weight excluding hydrogens is 362 g/mol. The van der Waals surface area contributed by atoms with Crippen LogP contribution in [0.3, 0.4) is 0 Å². The summed E-state index contributed by atoms with van der Waals surface area (Å²) in [6.07, 6.45) is 5.05. The molecular formula is C20H21N3O5. The fourth-order valence-electron chi connectivity index (χ4n) is 3.57. The third kappa shape index (κ3) is 4.16. The van der Waals surface area contributed by atoms with Crippen LogP contribution in [0.15, 0.2) is 36.4 Å². The van der Waals surface area contributed by atoms with Gasteiger partial charge < -0.3 is 5.32 Å². The molecule has 3 rings (SSSR count). The standard InChI is InChI=1S/C20H21N3O5/c1-2-19(15-8-7-13-5-3-4-6-14(13)9-15)21-20(24)16-10-17(22(25)26)12-18(11-16)23(27)28/h7-12,19H,2-6H2,1H3,(H,21,24). The van der Waals surface area contributed by atoms with Gasteiger partial charge in [-0.15, -0.1) is 0 Å². The van der Waals surface area contributed by atoms with Crippen LogP contribution >= 0.6 is 0 Å². The summed E-state index contributed by atoms with van der Waals surface area (Å²) in [6, 6.07) is 8.88. The monoisotopic (exact) mass is 383 g/mol. The quantitative estimate of drug-likeness (QED) is 0.591. The summed E-state index contributed by atoms with van der Waals surface area (Å²) < 4.78 is 0. The molecule has 0 radical (unpaired) electrons. The maximum atomic E-state index is 12.7. The zero-order chi connectivity index (χ0) is 20.3. The van der Waals surface area contributed by atoms with Gasteiger partial charge >= 0.3 is 0 Å². The van der Waals surface area contributed by atoms with Gasteiger partial charge in [0.15, 0.2) is 0 Å². The van der Waals surface area contributed by atoms with Gasteiger partial charge in [0.1, 0.15) is 0 Å². The van der Waals surface area contributed by atoms with Crippen LogP contribution in [0.25, 0.3) is 0 Å². The number of nitrogens with zero attached hydrogens (tertiary/aromatic N) is 2. The molecule has 0 saturated carbocycles. The molecule has 0 saturated heterocycles. The lowest BCUT2D eigenvalue weighted by molar-refractivity contribution is -0.394. The third-order valence-electron chi connectivity index (χ3n) is 5.07. The highest BCUT2D eigenvalue weighted by molar-refractivity contribution is 5.95. The Labute approximate surface area is 161 Å². The highest BCUT2D eigenvalue weighted by Gasteiger charge is 2.22. The molecule has 0 aromatic heterocycles. The Morgan fingerprint density at radius 3 is 2.18 bits per heavy atom. The van der Waals surface area contributed by atoms with Gasteiger partial charge in [-0.3, -0.25) is 25.0 Å². The van der Waals surface area contributed by atoms with E-state index in [1.165, 1.54) is 17.5 Å². The van der Waals surface area contributed by atoms with E-state index in [1.807, 2.05) is 13.0 Å². The van der Waals surface area contributed by atoms with Gasteiger partial charge in [-0.1, -0.05) is 25.1 Å². The molecule has 0 spiro atoms. The average Bonchev–Trinajstić information content (AvgIpc) is 2.71. The van der Waals surface area contributed by atoms with Crippen LogP contribution in [0, 0.1) is 20.2 Å². The Morgan fingerprint density at radius 2 is 1.61 bits per heavy atom. The number of carbonyl (C=O) groups excluding carboxylic acids is 1. The minimum atomic E-state index is -0.745. The lowest BCUT2D eigenvalue weighted by Crippen LogP contribution is -2.28. The van der Waals surface area contributed by atoms with E-state index in [0.29, 0.717) is 6.42 Å². The molecule has 28 heavy (non-hydrogen) atoms. The molecule has 0 heterocycles. The largest absolute Gasteiger partial charge is 0.345 e. The normalized spacial score (nSPS) is 14.0. The number of hydrogen-bond acceptors (Lipinski definition) is 5. The number of nitrogens with one attached hydrogen (secondary N) is 1. The van der Waals surface area contributed by atoms with Crippen molar-refractivity contribution in [3.05, 3.63) is 78.9 Å². The number of aryl methyl sites for hydroxylation is 2. The number of hydrogen-bond donors (Lipinski definition) is 1. The van der Waals surface area contributed by atoms with E-state index >= 15 is 0 Å². The van der Waals surface area contributed by atoms with Crippen molar-refractivity contribution in [3.8, 4) is 0 Å². The van der Waals surface area contributed by atoms with E-state index in [2.05, 4.69) is 17.4 Å². The first-order valence-electron chi connectivity index (χ1n) is 9.25. The zero-order valence-electron chi connectivity index (χ0n) is 15.5. The maximum absolute atomic E-state index is 12.7. The molecule has 2 aromatic rings. The molecule has 1 aliphatic carbocycles. The molecule has 1 amide bonds. The summed E-state index contributed by atoms with van der Waals surface area (Å²) in [5.74, 6) is -0.573. The van der Waals surface area contributed by atoms with Crippen molar-refractivity contribution in [2.24, 2.45) is 0 Å². The third-order valence-corrected chi connectivity index (χ3v) is 5.07. The van der Waals surface area contributed by atoms with E-state index in [1.54, 1.807) is 0 Å². The first-order valence-corrected chi connectivity index (χ1v) is 9.25. The summed E-state index contributed by atoms with van der Waals surface area (Å²) in [6.45, 7) is 1.93. The number of non-ortho nitro benzene ring substituents is 2. The molecule has 1 unspecified atom stereocenters. The number of nitro groups is 2. The zero-order valence-corrected chi connectivity index (χ0v) is 15.5. The summed E-state index contributed by atoms with van der Waals surface area (Å²) in [7, 11) is 0. The van der Waals surface area contributed by atoms with Crippen LogP contribution in [0.4, 0.5) is 11.4 Å². The van der Waals surface area contributed by atoms with Crippen LogP contribution < -0.4 is 5.32 Å².